The molecule has 2 N–H and O–H groups in total. The minimum absolute atomic E-state index is 0.237. The summed E-state index contributed by atoms with van der Waals surface area (Å²) in [4.78, 5) is 4.18. The first-order valence-corrected chi connectivity index (χ1v) is 6.34. The molecule has 0 aromatic heterocycles. The van der Waals surface area contributed by atoms with Gasteiger partial charge in [0.2, 0.25) is 0 Å². The van der Waals surface area contributed by atoms with Crippen molar-refractivity contribution in [2.24, 2.45) is 16.6 Å². The molecule has 0 aliphatic heterocycles. The third kappa shape index (κ3) is 3.19. The summed E-state index contributed by atoms with van der Waals surface area (Å²) >= 11 is 5.81. The molecule has 92 valence electrons. The van der Waals surface area contributed by atoms with Crippen molar-refractivity contribution in [3.05, 3.63) is 29.0 Å². The van der Waals surface area contributed by atoms with Crippen LogP contribution < -0.4 is 5.73 Å². The van der Waals surface area contributed by atoms with E-state index < -0.39 is 0 Å². The van der Waals surface area contributed by atoms with E-state index in [4.69, 9.17) is 17.3 Å². The van der Waals surface area contributed by atoms with Crippen molar-refractivity contribution in [1.29, 1.82) is 0 Å². The Morgan fingerprint density at radius 2 is 2.00 bits per heavy atom. The Morgan fingerprint density at radius 3 is 2.71 bits per heavy atom. The second-order valence-electron chi connectivity index (χ2n) is 4.47. The van der Waals surface area contributed by atoms with Crippen LogP contribution in [0.3, 0.4) is 0 Å². The van der Waals surface area contributed by atoms with Crippen molar-refractivity contribution < 1.29 is 4.39 Å². The average Bonchev–Trinajstić information content (AvgIpc) is 2.35. The lowest BCUT2D eigenvalue weighted by atomic mass is 9.88. The topological polar surface area (TPSA) is 38.4 Å². The zero-order valence-corrected chi connectivity index (χ0v) is 10.4. The first-order chi connectivity index (χ1) is 8.16. The fourth-order valence-electron chi connectivity index (χ4n) is 2.20. The van der Waals surface area contributed by atoms with Crippen LogP contribution in [-0.4, -0.2) is 5.84 Å². The Hall–Kier alpha value is -1.09. The van der Waals surface area contributed by atoms with Crippen LogP contribution in [0.4, 0.5) is 10.1 Å². The normalized spacial score (nSPS) is 18.4. The molecule has 0 atom stereocenters. The molecule has 2 nitrogen and oxygen atoms in total. The van der Waals surface area contributed by atoms with Gasteiger partial charge in [0, 0.05) is 10.9 Å². The van der Waals surface area contributed by atoms with Gasteiger partial charge >= 0.3 is 0 Å². The van der Waals surface area contributed by atoms with E-state index in [9.17, 15) is 4.39 Å². The molecule has 0 unspecified atom stereocenters. The highest BCUT2D eigenvalue weighted by Crippen LogP contribution is 2.27. The number of benzene rings is 1. The monoisotopic (exact) mass is 254 g/mol. The molecule has 0 radical (unpaired) electrons. The van der Waals surface area contributed by atoms with Crippen molar-refractivity contribution in [3.63, 3.8) is 0 Å². The van der Waals surface area contributed by atoms with Crippen molar-refractivity contribution in [3.8, 4) is 0 Å². The van der Waals surface area contributed by atoms with E-state index >= 15 is 0 Å². The molecule has 0 bridgehead atoms. The first kappa shape index (κ1) is 12.4. The van der Waals surface area contributed by atoms with Crippen LogP contribution in [0.2, 0.25) is 5.02 Å². The first-order valence-electron chi connectivity index (χ1n) is 5.96. The lowest BCUT2D eigenvalue weighted by molar-refractivity contribution is 0.437. The van der Waals surface area contributed by atoms with E-state index in [2.05, 4.69) is 4.99 Å². The van der Waals surface area contributed by atoms with E-state index in [-0.39, 0.29) is 11.5 Å². The standard InChI is InChI=1S/C13H16ClFN2/c14-10-6-7-11(15)12(8-10)17-13(16)9-4-2-1-3-5-9/h6-9H,1-5H2,(H2,16,17). The Labute approximate surface area is 106 Å². The van der Waals surface area contributed by atoms with Crippen molar-refractivity contribution >= 4 is 23.1 Å². The van der Waals surface area contributed by atoms with Crippen LogP contribution in [0, 0.1) is 11.7 Å². The molecular weight excluding hydrogens is 239 g/mol. The molecule has 1 aliphatic rings. The van der Waals surface area contributed by atoms with Gasteiger partial charge < -0.3 is 5.73 Å². The number of amidine groups is 1. The van der Waals surface area contributed by atoms with Crippen molar-refractivity contribution in [2.75, 3.05) is 0 Å². The fourth-order valence-corrected chi connectivity index (χ4v) is 2.37. The SMILES string of the molecule is NC(=Nc1cc(Cl)ccc1F)C1CCCCC1. The van der Waals surface area contributed by atoms with Gasteiger partial charge in [0.05, 0.1) is 0 Å². The summed E-state index contributed by atoms with van der Waals surface area (Å²) in [6.45, 7) is 0. The lowest BCUT2D eigenvalue weighted by Gasteiger charge is -2.20. The van der Waals surface area contributed by atoms with E-state index in [1.807, 2.05) is 0 Å². The summed E-state index contributed by atoms with van der Waals surface area (Å²) in [5.74, 6) is 0.446. The zero-order chi connectivity index (χ0) is 12.3. The maximum absolute atomic E-state index is 13.5. The number of nitrogens with two attached hydrogens (primary N) is 1. The zero-order valence-electron chi connectivity index (χ0n) is 9.63. The van der Waals surface area contributed by atoms with Crippen LogP contribution in [0.15, 0.2) is 23.2 Å². The third-order valence-electron chi connectivity index (χ3n) is 3.18. The van der Waals surface area contributed by atoms with Gasteiger partial charge in [-0.25, -0.2) is 9.38 Å². The van der Waals surface area contributed by atoms with Gasteiger partial charge in [-0.1, -0.05) is 30.9 Å². The number of halogens is 2. The molecule has 0 heterocycles. The Morgan fingerprint density at radius 1 is 1.29 bits per heavy atom. The van der Waals surface area contributed by atoms with E-state index in [0.717, 1.165) is 12.8 Å². The van der Waals surface area contributed by atoms with Gasteiger partial charge in [0.15, 0.2) is 0 Å². The largest absolute Gasteiger partial charge is 0.387 e. The summed E-state index contributed by atoms with van der Waals surface area (Å²) in [7, 11) is 0. The van der Waals surface area contributed by atoms with Crippen LogP contribution in [0.1, 0.15) is 32.1 Å². The van der Waals surface area contributed by atoms with E-state index in [1.54, 1.807) is 0 Å². The number of hydrogen-bond donors (Lipinski definition) is 1. The average molecular weight is 255 g/mol. The van der Waals surface area contributed by atoms with Gasteiger partial charge in [-0.05, 0) is 31.0 Å². The minimum Gasteiger partial charge on any atom is -0.387 e. The molecule has 1 aliphatic carbocycles. The second kappa shape index (κ2) is 5.50. The van der Waals surface area contributed by atoms with Crippen LogP contribution in [-0.2, 0) is 0 Å². The highest BCUT2D eigenvalue weighted by Gasteiger charge is 2.17. The number of rotatable bonds is 2. The number of aliphatic imine (C=N–C) groups is 1. The molecule has 1 aromatic rings. The highest BCUT2D eigenvalue weighted by atomic mass is 35.5. The molecule has 17 heavy (non-hydrogen) atoms. The highest BCUT2D eigenvalue weighted by molar-refractivity contribution is 6.30. The second-order valence-corrected chi connectivity index (χ2v) is 4.90. The molecule has 0 amide bonds. The summed E-state index contributed by atoms with van der Waals surface area (Å²) in [6, 6.07) is 4.33. The Kier molecular flexibility index (Phi) is 4.00. The molecule has 1 aromatic carbocycles. The molecule has 2 rings (SSSR count). The maximum atomic E-state index is 13.5. The predicted molar refractivity (Wildman–Crippen MR) is 69.3 cm³/mol. The number of nitrogens with zero attached hydrogens (tertiary/aromatic N) is 1. The number of hydrogen-bond acceptors (Lipinski definition) is 1. The smallest absolute Gasteiger partial charge is 0.148 e. The third-order valence-corrected chi connectivity index (χ3v) is 3.42. The van der Waals surface area contributed by atoms with Gasteiger partial charge in [0.25, 0.3) is 0 Å². The molecule has 0 spiro atoms. The molecule has 4 heteroatoms. The maximum Gasteiger partial charge on any atom is 0.148 e. The van der Waals surface area contributed by atoms with Crippen LogP contribution >= 0.6 is 11.6 Å². The van der Waals surface area contributed by atoms with Gasteiger partial charge in [-0.3, -0.25) is 0 Å². The summed E-state index contributed by atoms with van der Waals surface area (Å²) in [5, 5.41) is 0.474. The quantitative estimate of drug-likeness (QED) is 0.628. The van der Waals surface area contributed by atoms with E-state index in [1.165, 1.54) is 37.5 Å². The summed E-state index contributed by atoms with van der Waals surface area (Å²) in [5.41, 5.74) is 6.18. The molecule has 0 saturated heterocycles. The van der Waals surface area contributed by atoms with Gasteiger partial charge in [-0.15, -0.1) is 0 Å². The minimum atomic E-state index is -0.381. The van der Waals surface area contributed by atoms with Crippen LogP contribution in [0.5, 0.6) is 0 Å². The summed E-state index contributed by atoms with van der Waals surface area (Å²) < 4.78 is 13.5. The molecule has 1 saturated carbocycles. The lowest BCUT2D eigenvalue weighted by Crippen LogP contribution is -2.25. The van der Waals surface area contributed by atoms with Gasteiger partial charge in [0.1, 0.15) is 17.3 Å². The molecule has 1 fully saturated rings. The molecular formula is C13H16ClFN2. The van der Waals surface area contributed by atoms with Gasteiger partial charge in [-0.2, -0.15) is 0 Å². The predicted octanol–water partition coefficient (Wildman–Crippen LogP) is 4.05. The van der Waals surface area contributed by atoms with Crippen molar-refractivity contribution in [1.82, 2.24) is 0 Å². The van der Waals surface area contributed by atoms with Crippen molar-refractivity contribution in [2.45, 2.75) is 32.1 Å². The summed E-state index contributed by atoms with van der Waals surface area (Å²) in [6.07, 6.45) is 5.72. The fraction of sp³-hybridized carbons (Fsp3) is 0.462. The van der Waals surface area contributed by atoms with Crippen LogP contribution in [0.25, 0.3) is 0 Å². The Bertz CT molecular complexity index is 425. The van der Waals surface area contributed by atoms with E-state index in [0.29, 0.717) is 16.8 Å². The Balaban J connectivity index is 2.19.